The van der Waals surface area contributed by atoms with Crippen LogP contribution in [0.2, 0.25) is 0 Å². The third-order valence-corrected chi connectivity index (χ3v) is 8.92. The average Bonchev–Trinajstić information content (AvgIpc) is 3.23. The van der Waals surface area contributed by atoms with Crippen molar-refractivity contribution in [1.29, 1.82) is 0 Å². The molecule has 2 aromatic heterocycles. The van der Waals surface area contributed by atoms with Crippen molar-refractivity contribution < 1.29 is 4.79 Å². The fourth-order valence-electron chi connectivity index (χ4n) is 5.27. The summed E-state index contributed by atoms with van der Waals surface area (Å²) < 4.78 is 2.15. The number of anilines is 1. The number of pyridine rings is 1. The van der Waals surface area contributed by atoms with Crippen LogP contribution in [0, 0.1) is 6.92 Å². The molecule has 1 amide bonds. The zero-order valence-electron chi connectivity index (χ0n) is 23.3. The van der Waals surface area contributed by atoms with Crippen molar-refractivity contribution in [2.24, 2.45) is 0 Å². The summed E-state index contributed by atoms with van der Waals surface area (Å²) in [6.45, 7) is 8.90. The van der Waals surface area contributed by atoms with Gasteiger partial charge in [-0.05, 0) is 36.6 Å². The predicted molar refractivity (Wildman–Crippen MR) is 169 cm³/mol. The van der Waals surface area contributed by atoms with Gasteiger partial charge in [-0.2, -0.15) is 0 Å². The van der Waals surface area contributed by atoms with E-state index >= 15 is 0 Å². The number of amides is 1. The van der Waals surface area contributed by atoms with Gasteiger partial charge in [0.25, 0.3) is 11.5 Å². The van der Waals surface area contributed by atoms with Gasteiger partial charge >= 0.3 is 0 Å². The zero-order chi connectivity index (χ0) is 28.1. The molecule has 5 rings (SSSR count). The van der Waals surface area contributed by atoms with Crippen LogP contribution in [0.4, 0.5) is 5.82 Å². The molecule has 0 bridgehead atoms. The minimum atomic E-state index is -0.166. The molecule has 0 saturated carbocycles. The molecule has 7 nitrogen and oxygen atoms in total. The molecule has 2 fully saturated rings. The quantitative estimate of drug-likeness (QED) is 0.180. The first kappa shape index (κ1) is 28.5. The van der Waals surface area contributed by atoms with Gasteiger partial charge in [0.15, 0.2) is 0 Å². The van der Waals surface area contributed by atoms with Crippen molar-refractivity contribution >= 4 is 51.7 Å². The molecule has 3 aromatic rings. The maximum atomic E-state index is 13.9. The van der Waals surface area contributed by atoms with E-state index in [4.69, 9.17) is 17.2 Å². The van der Waals surface area contributed by atoms with Gasteiger partial charge in [-0.1, -0.05) is 93.0 Å². The molecule has 0 unspecified atom stereocenters. The van der Waals surface area contributed by atoms with E-state index in [1.165, 1.54) is 36.6 Å². The van der Waals surface area contributed by atoms with Crippen LogP contribution in [0.25, 0.3) is 11.7 Å². The summed E-state index contributed by atoms with van der Waals surface area (Å²) in [6, 6.07) is 14.3. The zero-order valence-corrected chi connectivity index (χ0v) is 25.0. The summed E-state index contributed by atoms with van der Waals surface area (Å²) in [7, 11) is 0. The fraction of sp³-hybridized carbons (Fsp3) is 0.419. The SMILES string of the molecule is CCCCCCCN1C(=O)C(=Cc2c(N3CCN(Cc4ccccc4)CC3)nc3ccc(C)cn3c2=O)SC1=S. The van der Waals surface area contributed by atoms with Crippen LogP contribution in [0.5, 0.6) is 0 Å². The minimum Gasteiger partial charge on any atom is -0.353 e. The molecule has 2 aliphatic rings. The van der Waals surface area contributed by atoms with Gasteiger partial charge in [0.2, 0.25) is 0 Å². The molecular weight excluding hydrogens is 539 g/mol. The summed E-state index contributed by atoms with van der Waals surface area (Å²) in [4.78, 5) is 39.0. The Hall–Kier alpha value is -3.01. The van der Waals surface area contributed by atoms with E-state index in [0.29, 0.717) is 32.8 Å². The lowest BCUT2D eigenvalue weighted by Crippen LogP contribution is -2.47. The van der Waals surface area contributed by atoms with Gasteiger partial charge in [0.05, 0.1) is 10.5 Å². The Morgan fingerprint density at radius 2 is 1.73 bits per heavy atom. The summed E-state index contributed by atoms with van der Waals surface area (Å²) in [6.07, 6.45) is 9.11. The number of thioether (sulfide) groups is 1. The van der Waals surface area contributed by atoms with Gasteiger partial charge in [-0.3, -0.25) is 23.8 Å². The van der Waals surface area contributed by atoms with E-state index in [2.05, 4.69) is 41.0 Å². The van der Waals surface area contributed by atoms with E-state index in [1.807, 2.05) is 31.3 Å². The van der Waals surface area contributed by atoms with E-state index in [9.17, 15) is 9.59 Å². The van der Waals surface area contributed by atoms with Crippen LogP contribution in [-0.2, 0) is 11.3 Å². The molecule has 2 saturated heterocycles. The number of thiocarbonyl (C=S) groups is 1. The van der Waals surface area contributed by atoms with Gasteiger partial charge in [0, 0.05) is 45.5 Å². The van der Waals surface area contributed by atoms with Crippen LogP contribution < -0.4 is 10.5 Å². The molecule has 0 N–H and O–H groups in total. The predicted octanol–water partition coefficient (Wildman–Crippen LogP) is 5.50. The third-order valence-electron chi connectivity index (χ3n) is 7.54. The number of carbonyl (C=O) groups is 1. The molecule has 0 radical (unpaired) electrons. The van der Waals surface area contributed by atoms with Crippen molar-refractivity contribution in [3.05, 3.63) is 80.6 Å². The molecule has 0 atom stereocenters. The first-order valence-corrected chi connectivity index (χ1v) is 15.5. The summed E-state index contributed by atoms with van der Waals surface area (Å²) in [5.41, 5.74) is 3.15. The van der Waals surface area contributed by atoms with Gasteiger partial charge < -0.3 is 4.90 Å². The first-order valence-electron chi connectivity index (χ1n) is 14.2. The summed E-state index contributed by atoms with van der Waals surface area (Å²) in [5.74, 6) is 0.524. The summed E-state index contributed by atoms with van der Waals surface area (Å²) in [5, 5.41) is 0. The Balaban J connectivity index is 1.40. The average molecular weight is 576 g/mol. The van der Waals surface area contributed by atoms with Crippen LogP contribution in [-0.4, -0.2) is 62.1 Å². The number of hydrogen-bond donors (Lipinski definition) is 0. The maximum Gasteiger partial charge on any atom is 0.267 e. The molecule has 0 aliphatic carbocycles. The molecule has 40 heavy (non-hydrogen) atoms. The van der Waals surface area contributed by atoms with E-state index in [0.717, 1.165) is 51.1 Å². The number of nitrogens with zero attached hydrogens (tertiary/aromatic N) is 5. The highest BCUT2D eigenvalue weighted by Crippen LogP contribution is 2.34. The normalized spacial score (nSPS) is 17.5. The molecule has 9 heteroatoms. The molecule has 210 valence electrons. The number of fused-ring (bicyclic) bond motifs is 1. The number of piperazine rings is 1. The minimum absolute atomic E-state index is 0.113. The topological polar surface area (TPSA) is 61.2 Å². The first-order chi connectivity index (χ1) is 19.4. The largest absolute Gasteiger partial charge is 0.353 e. The number of aromatic nitrogens is 2. The standard InChI is InChI=1S/C31H37N5O2S2/c1-3-4-5-6-10-15-35-30(38)26(40-31(35)39)20-25-28(32-27-14-13-23(2)21-36(27)29(25)37)34-18-16-33(17-19-34)22-24-11-8-7-9-12-24/h7-9,11-14,20-21H,3-6,10,15-19,22H2,1-2H3. The lowest BCUT2D eigenvalue weighted by Gasteiger charge is -2.36. The Morgan fingerprint density at radius 3 is 2.48 bits per heavy atom. The monoisotopic (exact) mass is 575 g/mol. The lowest BCUT2D eigenvalue weighted by molar-refractivity contribution is -0.122. The Bertz CT molecular complexity index is 1460. The van der Waals surface area contributed by atoms with Gasteiger partial charge in [-0.15, -0.1) is 0 Å². The molecule has 4 heterocycles. The second kappa shape index (κ2) is 13.1. The van der Waals surface area contributed by atoms with Crippen molar-refractivity contribution in [3.8, 4) is 0 Å². The number of aryl methyl sites for hydroxylation is 1. The number of rotatable bonds is 10. The number of hydrogen-bond acceptors (Lipinski definition) is 7. The van der Waals surface area contributed by atoms with Crippen LogP contribution >= 0.6 is 24.0 Å². The lowest BCUT2D eigenvalue weighted by atomic mass is 10.1. The Labute approximate surface area is 245 Å². The Morgan fingerprint density at radius 1 is 0.975 bits per heavy atom. The number of unbranched alkanes of at least 4 members (excludes halogenated alkanes) is 4. The van der Waals surface area contributed by atoms with E-state index < -0.39 is 0 Å². The van der Waals surface area contributed by atoms with Crippen molar-refractivity contribution in [2.75, 3.05) is 37.6 Å². The smallest absolute Gasteiger partial charge is 0.267 e. The van der Waals surface area contributed by atoms with E-state index in [1.54, 1.807) is 15.4 Å². The molecule has 2 aliphatic heterocycles. The number of benzene rings is 1. The summed E-state index contributed by atoms with van der Waals surface area (Å²) >= 11 is 6.86. The molecular formula is C31H37N5O2S2. The highest BCUT2D eigenvalue weighted by Gasteiger charge is 2.33. The van der Waals surface area contributed by atoms with Gasteiger partial charge in [0.1, 0.15) is 15.8 Å². The van der Waals surface area contributed by atoms with Gasteiger partial charge in [-0.25, -0.2) is 4.98 Å². The van der Waals surface area contributed by atoms with Crippen molar-refractivity contribution in [3.63, 3.8) is 0 Å². The van der Waals surface area contributed by atoms with Crippen molar-refractivity contribution in [1.82, 2.24) is 19.2 Å². The molecule has 0 spiro atoms. The third kappa shape index (κ3) is 6.48. The highest BCUT2D eigenvalue weighted by molar-refractivity contribution is 8.26. The maximum absolute atomic E-state index is 13.9. The second-order valence-electron chi connectivity index (χ2n) is 10.6. The van der Waals surface area contributed by atoms with Crippen molar-refractivity contribution in [2.45, 2.75) is 52.5 Å². The second-order valence-corrected chi connectivity index (χ2v) is 12.3. The number of carbonyl (C=O) groups excluding carboxylic acids is 1. The van der Waals surface area contributed by atoms with E-state index in [-0.39, 0.29) is 11.5 Å². The van der Waals surface area contributed by atoms with Crippen LogP contribution in [0.1, 0.15) is 55.7 Å². The fourth-order valence-corrected chi connectivity index (χ4v) is 6.56. The highest BCUT2D eigenvalue weighted by atomic mass is 32.2. The molecule has 1 aromatic carbocycles. The van der Waals surface area contributed by atoms with Crippen LogP contribution in [0.3, 0.4) is 0 Å². The Kier molecular flexibility index (Phi) is 9.34. The van der Waals surface area contributed by atoms with Crippen LogP contribution in [0.15, 0.2) is 58.4 Å².